The molecule has 5 nitrogen and oxygen atoms in total. The van der Waals surface area contributed by atoms with Gasteiger partial charge in [0.2, 0.25) is 0 Å². The van der Waals surface area contributed by atoms with Crippen molar-refractivity contribution in [2.24, 2.45) is 0 Å². The summed E-state index contributed by atoms with van der Waals surface area (Å²) in [5.74, 6) is -0.174. The third-order valence-electron chi connectivity index (χ3n) is 4.23. The van der Waals surface area contributed by atoms with Crippen molar-refractivity contribution < 1.29 is 4.79 Å². The molecule has 124 valence electrons. The van der Waals surface area contributed by atoms with Gasteiger partial charge in [0.1, 0.15) is 9.71 Å². The second-order valence-corrected chi connectivity index (χ2v) is 6.79. The predicted octanol–water partition coefficient (Wildman–Crippen LogP) is 3.38. The molecule has 0 fully saturated rings. The maximum atomic E-state index is 12.5. The summed E-state index contributed by atoms with van der Waals surface area (Å²) < 4.78 is 0. The number of fused-ring (bicyclic) bond motifs is 1. The molecule has 0 radical (unpaired) electrons. The lowest BCUT2D eigenvalue weighted by Crippen LogP contribution is -2.22. The van der Waals surface area contributed by atoms with E-state index in [-0.39, 0.29) is 5.91 Å². The summed E-state index contributed by atoms with van der Waals surface area (Å²) in [6, 6.07) is 8.23. The minimum absolute atomic E-state index is 0.174. The molecule has 0 atom stereocenters. The number of rotatable bonds is 4. The molecule has 3 N–H and O–H groups in total. The van der Waals surface area contributed by atoms with E-state index in [0.717, 1.165) is 28.6 Å². The number of thiophene rings is 1. The fourth-order valence-electron chi connectivity index (χ4n) is 2.56. The number of nitrogens with one attached hydrogen (secondary N) is 1. The van der Waals surface area contributed by atoms with Gasteiger partial charge < -0.3 is 11.1 Å². The van der Waals surface area contributed by atoms with Gasteiger partial charge in [0.15, 0.2) is 0 Å². The van der Waals surface area contributed by atoms with Crippen LogP contribution in [-0.4, -0.2) is 16.1 Å². The zero-order valence-electron chi connectivity index (χ0n) is 14.0. The van der Waals surface area contributed by atoms with Gasteiger partial charge in [0.05, 0.1) is 11.4 Å². The average molecular weight is 340 g/mol. The minimum Gasteiger partial charge on any atom is -0.397 e. The summed E-state index contributed by atoms with van der Waals surface area (Å²) >= 11 is 1.29. The van der Waals surface area contributed by atoms with Crippen LogP contribution >= 0.6 is 11.3 Å². The van der Waals surface area contributed by atoms with E-state index in [4.69, 9.17) is 5.73 Å². The second kappa shape index (κ2) is 6.57. The minimum atomic E-state index is -0.174. The zero-order valence-corrected chi connectivity index (χ0v) is 14.8. The van der Waals surface area contributed by atoms with E-state index in [2.05, 4.69) is 34.6 Å². The summed E-state index contributed by atoms with van der Waals surface area (Å²) in [5.41, 5.74) is 10.8. The summed E-state index contributed by atoms with van der Waals surface area (Å²) in [4.78, 5) is 13.7. The molecular formula is C18H20N4OS. The lowest BCUT2D eigenvalue weighted by Gasteiger charge is -2.06. The fourth-order valence-corrected chi connectivity index (χ4v) is 3.58. The van der Waals surface area contributed by atoms with E-state index in [9.17, 15) is 4.79 Å². The number of nitrogen functional groups attached to an aromatic ring is 1. The zero-order chi connectivity index (χ0) is 17.3. The molecule has 0 saturated carbocycles. The summed E-state index contributed by atoms with van der Waals surface area (Å²) in [6.45, 7) is 6.43. The lowest BCUT2D eigenvalue weighted by atomic mass is 10.1. The van der Waals surface area contributed by atoms with E-state index in [1.54, 1.807) is 0 Å². The van der Waals surface area contributed by atoms with Crippen LogP contribution in [0.2, 0.25) is 0 Å². The van der Waals surface area contributed by atoms with Gasteiger partial charge in [-0.15, -0.1) is 16.4 Å². The second-order valence-electron chi connectivity index (χ2n) is 5.79. The first-order valence-electron chi connectivity index (χ1n) is 7.89. The molecule has 0 aliphatic carbocycles. The molecule has 1 amide bonds. The van der Waals surface area contributed by atoms with Crippen LogP contribution in [0.3, 0.4) is 0 Å². The predicted molar refractivity (Wildman–Crippen MR) is 98.3 cm³/mol. The number of hydrogen-bond donors (Lipinski definition) is 2. The largest absolute Gasteiger partial charge is 0.397 e. The Morgan fingerprint density at radius 2 is 1.83 bits per heavy atom. The lowest BCUT2D eigenvalue weighted by molar-refractivity contribution is 0.0956. The Kier molecular flexibility index (Phi) is 4.49. The molecule has 0 aliphatic heterocycles. The van der Waals surface area contributed by atoms with Crippen molar-refractivity contribution in [1.82, 2.24) is 15.5 Å². The van der Waals surface area contributed by atoms with Crippen molar-refractivity contribution >= 4 is 33.1 Å². The number of amides is 1. The average Bonchev–Trinajstić information content (AvgIpc) is 2.94. The highest BCUT2D eigenvalue weighted by atomic mass is 32.1. The van der Waals surface area contributed by atoms with Gasteiger partial charge in [0, 0.05) is 11.9 Å². The Morgan fingerprint density at radius 3 is 2.50 bits per heavy atom. The van der Waals surface area contributed by atoms with Gasteiger partial charge in [-0.3, -0.25) is 4.79 Å². The van der Waals surface area contributed by atoms with Crippen LogP contribution < -0.4 is 11.1 Å². The molecular weight excluding hydrogens is 320 g/mol. The van der Waals surface area contributed by atoms with Crippen LogP contribution in [0.4, 0.5) is 5.69 Å². The van der Waals surface area contributed by atoms with Gasteiger partial charge in [-0.1, -0.05) is 31.2 Å². The Balaban J connectivity index is 1.81. The molecule has 1 aromatic carbocycles. The Morgan fingerprint density at radius 1 is 1.17 bits per heavy atom. The molecule has 3 rings (SSSR count). The Bertz CT molecular complexity index is 900. The third kappa shape index (κ3) is 2.97. The van der Waals surface area contributed by atoms with Gasteiger partial charge in [-0.2, -0.15) is 5.10 Å². The summed E-state index contributed by atoms with van der Waals surface area (Å²) in [7, 11) is 0. The van der Waals surface area contributed by atoms with Crippen LogP contribution in [0.1, 0.15) is 39.0 Å². The summed E-state index contributed by atoms with van der Waals surface area (Å²) in [5, 5.41) is 12.0. The van der Waals surface area contributed by atoms with Crippen LogP contribution in [0.5, 0.6) is 0 Å². The SMILES string of the molecule is CCc1ccc(CNC(=O)c2sc3nnc(C)c(C)c3c2N)cc1. The topological polar surface area (TPSA) is 80.9 Å². The fraction of sp³-hybridized carbons (Fsp3) is 0.278. The summed E-state index contributed by atoms with van der Waals surface area (Å²) in [6.07, 6.45) is 1.00. The highest BCUT2D eigenvalue weighted by Gasteiger charge is 2.19. The number of nitrogens with zero attached hydrogens (tertiary/aromatic N) is 2. The van der Waals surface area contributed by atoms with Gasteiger partial charge >= 0.3 is 0 Å². The molecule has 3 aromatic rings. The maximum Gasteiger partial charge on any atom is 0.263 e. The van der Waals surface area contributed by atoms with Gasteiger partial charge in [0.25, 0.3) is 5.91 Å². The van der Waals surface area contributed by atoms with Crippen molar-refractivity contribution in [2.45, 2.75) is 33.7 Å². The number of aromatic nitrogens is 2. The standard InChI is InChI=1S/C18H20N4OS/c1-4-12-5-7-13(8-6-12)9-20-17(23)16-15(19)14-10(2)11(3)21-22-18(14)24-16/h5-8H,4,9,19H2,1-3H3,(H,20,23). The van der Waals surface area contributed by atoms with Gasteiger partial charge in [-0.05, 0) is 37.0 Å². The van der Waals surface area contributed by atoms with E-state index >= 15 is 0 Å². The van der Waals surface area contributed by atoms with Crippen molar-refractivity contribution in [2.75, 3.05) is 5.73 Å². The maximum absolute atomic E-state index is 12.5. The molecule has 24 heavy (non-hydrogen) atoms. The Hall–Kier alpha value is -2.47. The van der Waals surface area contributed by atoms with Crippen molar-refractivity contribution in [3.05, 3.63) is 51.5 Å². The molecule has 0 unspecified atom stereocenters. The van der Waals surface area contributed by atoms with Crippen molar-refractivity contribution in [1.29, 1.82) is 0 Å². The van der Waals surface area contributed by atoms with Crippen molar-refractivity contribution in [3.63, 3.8) is 0 Å². The van der Waals surface area contributed by atoms with Crippen LogP contribution in [0, 0.1) is 13.8 Å². The number of nitrogens with two attached hydrogens (primary N) is 1. The molecule has 0 aliphatic rings. The van der Waals surface area contributed by atoms with Crippen LogP contribution in [0.15, 0.2) is 24.3 Å². The van der Waals surface area contributed by atoms with E-state index in [1.807, 2.05) is 26.0 Å². The van der Waals surface area contributed by atoms with E-state index in [1.165, 1.54) is 16.9 Å². The molecule has 0 bridgehead atoms. The first-order chi connectivity index (χ1) is 11.5. The van der Waals surface area contributed by atoms with Crippen LogP contribution in [0.25, 0.3) is 10.2 Å². The number of benzene rings is 1. The monoisotopic (exact) mass is 340 g/mol. The molecule has 0 spiro atoms. The molecule has 2 aromatic heterocycles. The molecule has 2 heterocycles. The highest BCUT2D eigenvalue weighted by molar-refractivity contribution is 7.21. The number of aryl methyl sites for hydroxylation is 3. The first kappa shape index (κ1) is 16.4. The third-order valence-corrected chi connectivity index (χ3v) is 5.31. The van der Waals surface area contributed by atoms with E-state index < -0.39 is 0 Å². The molecule has 6 heteroatoms. The normalized spacial score (nSPS) is 11.0. The van der Waals surface area contributed by atoms with E-state index in [0.29, 0.717) is 21.9 Å². The smallest absolute Gasteiger partial charge is 0.263 e. The van der Waals surface area contributed by atoms with Crippen LogP contribution in [-0.2, 0) is 13.0 Å². The number of anilines is 1. The number of carbonyl (C=O) groups excluding carboxylic acids is 1. The van der Waals surface area contributed by atoms with Crippen molar-refractivity contribution in [3.8, 4) is 0 Å². The molecule has 0 saturated heterocycles. The van der Waals surface area contributed by atoms with Gasteiger partial charge in [-0.25, -0.2) is 0 Å². The first-order valence-corrected chi connectivity index (χ1v) is 8.70. The Labute approximate surface area is 144 Å². The quantitative estimate of drug-likeness (QED) is 0.763. The number of hydrogen-bond acceptors (Lipinski definition) is 5. The highest BCUT2D eigenvalue weighted by Crippen LogP contribution is 2.34. The number of carbonyl (C=O) groups is 1.